The van der Waals surface area contributed by atoms with Crippen LogP contribution in [0, 0.1) is 0 Å². The average Bonchev–Trinajstić information content (AvgIpc) is 2.60. The molecule has 0 saturated carbocycles. The van der Waals surface area contributed by atoms with Gasteiger partial charge in [-0.15, -0.1) is 0 Å². The van der Waals surface area contributed by atoms with Crippen molar-refractivity contribution in [3.8, 4) is 5.75 Å². The van der Waals surface area contributed by atoms with Crippen LogP contribution in [0.1, 0.15) is 38.3 Å². The van der Waals surface area contributed by atoms with Gasteiger partial charge in [0.15, 0.2) is 0 Å². The summed E-state index contributed by atoms with van der Waals surface area (Å²) < 4.78 is 5.84. The zero-order valence-corrected chi connectivity index (χ0v) is 14.2. The molecule has 0 bridgehead atoms. The number of para-hydroxylation sites is 2. The molecule has 0 aliphatic heterocycles. The molecule has 2 aromatic rings. The maximum atomic E-state index is 5.84. The highest BCUT2D eigenvalue weighted by Crippen LogP contribution is 2.23. The molecule has 0 spiro atoms. The Kier molecular flexibility index (Phi) is 7.47. The van der Waals surface area contributed by atoms with Gasteiger partial charge in [-0.1, -0.05) is 55.8 Å². The molecule has 0 fully saturated rings. The second-order valence-electron chi connectivity index (χ2n) is 5.71. The number of hydrogen-bond acceptors (Lipinski definition) is 3. The Morgan fingerprint density at radius 3 is 2.48 bits per heavy atom. The van der Waals surface area contributed by atoms with Crippen molar-refractivity contribution in [1.29, 1.82) is 0 Å². The van der Waals surface area contributed by atoms with Crippen molar-refractivity contribution < 1.29 is 4.74 Å². The van der Waals surface area contributed by atoms with E-state index in [-0.39, 0.29) is 0 Å². The molecule has 0 aliphatic rings. The van der Waals surface area contributed by atoms with E-state index in [0.29, 0.717) is 6.04 Å². The number of rotatable bonds is 10. The fraction of sp³-hybridized carbons (Fsp3) is 0.400. The van der Waals surface area contributed by atoms with Crippen molar-refractivity contribution in [2.24, 2.45) is 0 Å². The molecule has 0 radical (unpaired) electrons. The van der Waals surface area contributed by atoms with Crippen molar-refractivity contribution in [2.75, 3.05) is 25.0 Å². The molecule has 23 heavy (non-hydrogen) atoms. The minimum atomic E-state index is 0.356. The molecule has 0 aromatic heterocycles. The lowest BCUT2D eigenvalue weighted by molar-refractivity contribution is 0.310. The molecular formula is C20H28N2O. The first kappa shape index (κ1) is 17.4. The van der Waals surface area contributed by atoms with Crippen LogP contribution >= 0.6 is 0 Å². The van der Waals surface area contributed by atoms with Gasteiger partial charge in [0.1, 0.15) is 5.75 Å². The number of unbranched alkanes of at least 4 members (excludes halogenated alkanes) is 1. The maximum absolute atomic E-state index is 5.84. The summed E-state index contributed by atoms with van der Waals surface area (Å²) in [6, 6.07) is 19.0. The highest BCUT2D eigenvalue weighted by molar-refractivity contribution is 5.56. The van der Waals surface area contributed by atoms with Gasteiger partial charge in [-0.05, 0) is 31.0 Å². The summed E-state index contributed by atoms with van der Waals surface area (Å²) in [7, 11) is 0. The molecule has 0 aliphatic carbocycles. The summed E-state index contributed by atoms with van der Waals surface area (Å²) in [5.74, 6) is 0.942. The van der Waals surface area contributed by atoms with Crippen molar-refractivity contribution in [3.63, 3.8) is 0 Å². The van der Waals surface area contributed by atoms with Crippen LogP contribution in [0.3, 0.4) is 0 Å². The number of hydrogen-bond donors (Lipinski definition) is 2. The van der Waals surface area contributed by atoms with E-state index in [1.54, 1.807) is 0 Å². The minimum Gasteiger partial charge on any atom is -0.491 e. The molecule has 124 valence electrons. The van der Waals surface area contributed by atoms with Gasteiger partial charge in [0, 0.05) is 19.1 Å². The summed E-state index contributed by atoms with van der Waals surface area (Å²) in [6.07, 6.45) is 2.24. The lowest BCUT2D eigenvalue weighted by Gasteiger charge is -2.16. The van der Waals surface area contributed by atoms with Crippen molar-refractivity contribution >= 4 is 5.69 Å². The van der Waals surface area contributed by atoms with Crippen LogP contribution in [0.4, 0.5) is 5.69 Å². The highest BCUT2D eigenvalue weighted by atomic mass is 16.5. The van der Waals surface area contributed by atoms with Crippen molar-refractivity contribution in [2.45, 2.75) is 32.7 Å². The Bertz CT molecular complexity index is 557. The largest absolute Gasteiger partial charge is 0.491 e. The van der Waals surface area contributed by atoms with Crippen LogP contribution in [-0.4, -0.2) is 19.7 Å². The molecule has 0 heterocycles. The number of ether oxygens (including phenoxy) is 1. The van der Waals surface area contributed by atoms with Crippen LogP contribution in [0.15, 0.2) is 54.6 Å². The Labute approximate surface area is 140 Å². The fourth-order valence-corrected chi connectivity index (χ4v) is 2.41. The number of benzene rings is 2. The zero-order valence-electron chi connectivity index (χ0n) is 14.2. The second kappa shape index (κ2) is 9.90. The summed E-state index contributed by atoms with van der Waals surface area (Å²) in [6.45, 7) is 6.91. The SMILES string of the molecule is CCCCOc1ccccc1NCCNC(C)c1ccccc1. The third kappa shape index (κ3) is 5.95. The molecular weight excluding hydrogens is 284 g/mol. The lowest BCUT2D eigenvalue weighted by Crippen LogP contribution is -2.25. The summed E-state index contributed by atoms with van der Waals surface area (Å²) in [5.41, 5.74) is 2.38. The second-order valence-corrected chi connectivity index (χ2v) is 5.71. The van der Waals surface area contributed by atoms with E-state index in [0.717, 1.165) is 44.0 Å². The standard InChI is InChI=1S/C20H28N2O/c1-3-4-16-23-20-13-9-8-12-19(20)22-15-14-21-17(2)18-10-6-5-7-11-18/h5-13,17,21-22H,3-4,14-16H2,1-2H3. The molecule has 0 amide bonds. The first-order valence-electron chi connectivity index (χ1n) is 8.55. The predicted molar refractivity (Wildman–Crippen MR) is 98.2 cm³/mol. The van der Waals surface area contributed by atoms with Gasteiger partial charge in [-0.3, -0.25) is 0 Å². The summed E-state index contributed by atoms with van der Waals surface area (Å²) >= 11 is 0. The van der Waals surface area contributed by atoms with Crippen molar-refractivity contribution in [3.05, 3.63) is 60.2 Å². The van der Waals surface area contributed by atoms with Gasteiger partial charge in [0.2, 0.25) is 0 Å². The van der Waals surface area contributed by atoms with Gasteiger partial charge in [-0.2, -0.15) is 0 Å². The van der Waals surface area contributed by atoms with Crippen LogP contribution in [0.25, 0.3) is 0 Å². The minimum absolute atomic E-state index is 0.356. The predicted octanol–water partition coefficient (Wildman–Crippen LogP) is 4.63. The van der Waals surface area contributed by atoms with E-state index in [1.165, 1.54) is 5.56 Å². The fourth-order valence-electron chi connectivity index (χ4n) is 2.41. The first-order valence-corrected chi connectivity index (χ1v) is 8.55. The van der Waals surface area contributed by atoms with E-state index in [2.05, 4.69) is 54.8 Å². The van der Waals surface area contributed by atoms with E-state index in [4.69, 9.17) is 4.74 Å². The average molecular weight is 312 g/mol. The van der Waals surface area contributed by atoms with Gasteiger partial charge < -0.3 is 15.4 Å². The third-order valence-corrected chi connectivity index (χ3v) is 3.83. The van der Waals surface area contributed by atoms with Crippen LogP contribution in [0.2, 0.25) is 0 Å². The highest BCUT2D eigenvalue weighted by Gasteiger charge is 2.04. The zero-order chi connectivity index (χ0) is 16.3. The van der Waals surface area contributed by atoms with Gasteiger partial charge >= 0.3 is 0 Å². The Balaban J connectivity index is 1.75. The summed E-state index contributed by atoms with van der Waals surface area (Å²) in [4.78, 5) is 0. The molecule has 2 N–H and O–H groups in total. The van der Waals surface area contributed by atoms with E-state index in [1.807, 2.05) is 24.3 Å². The molecule has 3 heteroatoms. The smallest absolute Gasteiger partial charge is 0.142 e. The topological polar surface area (TPSA) is 33.3 Å². The Morgan fingerprint density at radius 1 is 0.957 bits per heavy atom. The number of anilines is 1. The normalized spacial score (nSPS) is 11.9. The molecule has 1 atom stereocenters. The van der Waals surface area contributed by atoms with E-state index < -0.39 is 0 Å². The maximum Gasteiger partial charge on any atom is 0.142 e. The van der Waals surface area contributed by atoms with Gasteiger partial charge in [0.25, 0.3) is 0 Å². The molecule has 3 nitrogen and oxygen atoms in total. The number of nitrogens with one attached hydrogen (secondary N) is 2. The Hall–Kier alpha value is -2.00. The van der Waals surface area contributed by atoms with E-state index >= 15 is 0 Å². The third-order valence-electron chi connectivity index (χ3n) is 3.83. The monoisotopic (exact) mass is 312 g/mol. The van der Waals surface area contributed by atoms with Crippen LogP contribution < -0.4 is 15.4 Å². The van der Waals surface area contributed by atoms with Crippen molar-refractivity contribution in [1.82, 2.24) is 5.32 Å². The molecule has 0 saturated heterocycles. The molecule has 2 rings (SSSR count). The van der Waals surface area contributed by atoms with Gasteiger partial charge in [-0.25, -0.2) is 0 Å². The van der Waals surface area contributed by atoms with Crippen LogP contribution in [0.5, 0.6) is 5.75 Å². The first-order chi connectivity index (χ1) is 11.3. The summed E-state index contributed by atoms with van der Waals surface area (Å²) in [5, 5.41) is 7.00. The van der Waals surface area contributed by atoms with Crippen LogP contribution in [-0.2, 0) is 0 Å². The Morgan fingerprint density at radius 2 is 1.70 bits per heavy atom. The van der Waals surface area contributed by atoms with E-state index in [9.17, 15) is 0 Å². The van der Waals surface area contributed by atoms with Gasteiger partial charge in [0.05, 0.1) is 12.3 Å². The quantitative estimate of drug-likeness (QED) is 0.628. The lowest BCUT2D eigenvalue weighted by atomic mass is 10.1. The molecule has 1 unspecified atom stereocenters. The molecule has 2 aromatic carbocycles.